The predicted octanol–water partition coefficient (Wildman–Crippen LogP) is 0.955. The zero-order valence-electron chi connectivity index (χ0n) is 51.4. The molecule has 47 heteroatoms. The monoisotopic (exact) mass is 1210 g/mol. The summed E-state index contributed by atoms with van der Waals surface area (Å²) in [5, 5.41) is 167. The average molecular weight is 1210 g/mol. The molecule has 0 saturated carbocycles. The molecule has 0 bridgehead atoms. The molecule has 0 aromatic rings. The second kappa shape index (κ2) is 144. The van der Waals surface area contributed by atoms with Crippen LogP contribution in [0, 0.1) is 0 Å². The summed E-state index contributed by atoms with van der Waals surface area (Å²) in [7, 11) is 0. The fraction of sp³-hybridized carbons (Fsp3) is 0. The number of hydrogen-bond donors (Lipinski definition) is 24. The molecule has 0 aliphatic heterocycles. The van der Waals surface area contributed by atoms with Crippen molar-refractivity contribution in [2.24, 2.45) is 0 Å². The van der Waals surface area contributed by atoms with Crippen molar-refractivity contribution in [3.05, 3.63) is 0 Å². The maximum atomic E-state index is 8.56. The van der Waals surface area contributed by atoms with Gasteiger partial charge in [0.05, 0.1) is 0 Å². The minimum Gasteiger partial charge on any atom is -1.00 e. The molecule has 0 aliphatic carbocycles. The van der Waals surface area contributed by atoms with E-state index in [2.05, 4.69) is 0 Å². The summed E-state index contributed by atoms with van der Waals surface area (Å²) >= 11 is 0. The third kappa shape index (κ3) is 9070. The Bertz CT molecular complexity index is 683. The van der Waals surface area contributed by atoms with Crippen molar-refractivity contribution in [2.75, 3.05) is 0 Å². The van der Waals surface area contributed by atoms with Crippen LogP contribution in [-0.2, 0) is 0 Å². The second-order valence-electron chi connectivity index (χ2n) is 3.39. The van der Waals surface area contributed by atoms with Gasteiger partial charge in [0.1, 0.15) is 0 Å². The molecule has 0 aromatic carbocycles. The van der Waals surface area contributed by atoms with E-state index in [0.717, 1.165) is 0 Å². The largest absolute Gasteiger partial charge is 2.00 e. The zero-order chi connectivity index (χ0) is 42.9. The summed E-state index contributed by atoms with van der Waals surface area (Å²) in [6.45, 7) is 0. The van der Waals surface area contributed by atoms with Gasteiger partial charge in [0.15, 0.2) is 0 Å². The minimum absolute atomic E-state index is 0. The predicted molar refractivity (Wildman–Crippen MR) is 216 cm³/mol. The van der Waals surface area contributed by atoms with Crippen LogP contribution >= 0.6 is 0 Å². The Morgan fingerprint density at radius 1 is 0.136 bits per heavy atom. The molecule has 24 N–H and O–H groups in total. The van der Waals surface area contributed by atoms with Gasteiger partial charge in [0.25, 0.3) is 0 Å². The van der Waals surface area contributed by atoms with Gasteiger partial charge < -0.3 is 154 Å². The van der Waals surface area contributed by atoms with Crippen molar-refractivity contribution < 1.29 is 211 Å². The Balaban J connectivity index is -0.00000000391. The van der Waals surface area contributed by atoms with Gasteiger partial charge in [-0.25, -0.2) is 57.5 Å². The van der Waals surface area contributed by atoms with Crippen LogP contribution in [0.4, 0.5) is 57.5 Å². The maximum Gasteiger partial charge on any atom is 2.00 e. The minimum atomic E-state index is -1.83. The van der Waals surface area contributed by atoms with Gasteiger partial charge >= 0.3 is 489 Å². The first-order valence-corrected chi connectivity index (χ1v) is 7.82. The van der Waals surface area contributed by atoms with E-state index in [-0.39, 0.29) is 447 Å². The molecule has 59 heavy (non-hydrogen) atoms. The van der Waals surface area contributed by atoms with Gasteiger partial charge in [-0.3, -0.25) is 0 Å². The van der Waals surface area contributed by atoms with Gasteiger partial charge in [-0.2, -0.15) is 0 Å². The fourth-order valence-corrected chi connectivity index (χ4v) is 0. The first kappa shape index (κ1) is 151. The molecular weight excluding hydrogens is 1160 g/mol. The van der Waals surface area contributed by atoms with E-state index in [1.54, 1.807) is 0 Å². The Morgan fingerprint density at radius 2 is 0.136 bits per heavy atom. The molecule has 0 rings (SSSR count). The van der Waals surface area contributed by atoms with Crippen LogP contribution in [0.15, 0.2) is 0 Å². The molecule has 0 atom stereocenters. The van der Waals surface area contributed by atoms with Crippen LogP contribution in [0.5, 0.6) is 0 Å². The molecule has 0 unspecified atom stereocenters. The number of carbonyl (C=O) groups is 12. The van der Waals surface area contributed by atoms with Crippen LogP contribution in [0.1, 0.15) is 31.4 Å². The summed E-state index contributed by atoms with van der Waals surface area (Å²) in [5.74, 6) is 0. The maximum absolute atomic E-state index is 8.56. The Kier molecular flexibility index (Phi) is 369. The molecule has 332 valence electrons. The van der Waals surface area contributed by atoms with Gasteiger partial charge in [-0.15, -0.1) is 0 Å². The van der Waals surface area contributed by atoms with E-state index in [9.17, 15) is 0 Å². The fourth-order valence-electron chi connectivity index (χ4n) is 0. The van der Waals surface area contributed by atoms with E-state index in [0.29, 0.717) is 0 Å². The third-order valence-electron chi connectivity index (χ3n) is 0. The van der Waals surface area contributed by atoms with Crippen molar-refractivity contribution in [2.45, 2.75) is 0 Å². The van der Waals surface area contributed by atoms with Crippen molar-refractivity contribution in [3.63, 3.8) is 0 Å². The topological polar surface area (TPSA) is 690 Å². The molecule has 0 heterocycles. The summed E-state index contributed by atoms with van der Waals surface area (Å²) in [6, 6.07) is 0. The van der Waals surface area contributed by atoms with E-state index in [4.69, 9.17) is 180 Å². The van der Waals surface area contributed by atoms with Gasteiger partial charge in [-0.1, -0.05) is 0 Å². The number of carboxylic acid groups (broad SMARTS) is 24. The average Bonchev–Trinajstić information content (AvgIpc) is 2.61. The smallest absolute Gasteiger partial charge is 1.00 e. The second-order valence-corrected chi connectivity index (χ2v) is 3.39. The summed E-state index contributed by atoms with van der Waals surface area (Å²) < 4.78 is 0. The van der Waals surface area contributed by atoms with Gasteiger partial charge in [0.2, 0.25) is 0 Å². The van der Waals surface area contributed by atoms with Crippen LogP contribution in [0.3, 0.4) is 0 Å². The molecule has 0 radical (unpaired) electrons. The van der Waals surface area contributed by atoms with Crippen molar-refractivity contribution in [1.29, 1.82) is 0 Å². The SMILES string of the molecule is O=C(O)O.O=C(O)O.O=C(O)O.O=C(O)O.O=C(O)O.O=C(O)O.O=C(O)O.O=C(O)O.O=C(O)O.O=C(O)O.O=C(O)O.O=C(O)O.[Ca+2].[Ca+2].[Ca+2].[Ca+2].[Ca+2].[Ca+2].[Ca+2].[Ca+2].[Ca+2].[Ca+2].[Ca+2].[H-].[H-].[H-].[H-].[H-].[H-].[H-].[H-].[H-].[H-].[H-].[H-].[H-].[H-].[H-].[H-].[H-].[H-].[H-].[H-].[H-].[H-]. The van der Waals surface area contributed by atoms with E-state index in [1.165, 1.54) is 0 Å². The Morgan fingerprint density at radius 3 is 0.136 bits per heavy atom. The first-order chi connectivity index (χ1) is 20.8. The summed E-state index contributed by atoms with van der Waals surface area (Å²) in [6.07, 6.45) is -22.0. The van der Waals surface area contributed by atoms with E-state index >= 15 is 0 Å². The first-order valence-electron chi connectivity index (χ1n) is 7.82. The normalized spacial score (nSPS) is 4.88. The zero-order valence-corrected chi connectivity index (χ0v) is 53.7. The van der Waals surface area contributed by atoms with Crippen molar-refractivity contribution in [1.82, 2.24) is 0 Å². The van der Waals surface area contributed by atoms with Crippen LogP contribution in [0.25, 0.3) is 0 Å². The van der Waals surface area contributed by atoms with Crippen molar-refractivity contribution in [3.8, 4) is 0 Å². The molecular formula is C12H46Ca11O36. The van der Waals surface area contributed by atoms with Crippen LogP contribution < -0.4 is 0 Å². The van der Waals surface area contributed by atoms with Crippen LogP contribution in [0.2, 0.25) is 0 Å². The van der Waals surface area contributed by atoms with Gasteiger partial charge in [-0.05, 0) is 0 Å². The molecule has 0 saturated heterocycles. The van der Waals surface area contributed by atoms with Crippen LogP contribution in [-0.4, -0.2) is 612 Å². The Labute approximate surface area is 685 Å². The molecule has 0 fully saturated rings. The summed E-state index contributed by atoms with van der Waals surface area (Å²) in [5.41, 5.74) is 0. The molecule has 0 aliphatic rings. The van der Waals surface area contributed by atoms with E-state index < -0.39 is 73.9 Å². The summed E-state index contributed by atoms with van der Waals surface area (Å²) in [4.78, 5) is 103. The number of rotatable bonds is 0. The number of hydrogen-bond acceptors (Lipinski definition) is 12. The standard InChI is InChI=1S/12CH2O3.11Ca.22H/c12*2-1(3)4;;;;;;;;;;;;;;;;;;;;;;;;;;;;;;;;;/h12*(H2,2,3,4);;;;;;;;;;;;;;;;;;;;;;;;;;;;;;;;;/q;;;;;;;;;;;;11*+2;22*-1. The quantitative estimate of drug-likeness (QED) is 0.150. The molecule has 0 spiro atoms. The van der Waals surface area contributed by atoms with Crippen molar-refractivity contribution >= 4 is 489 Å². The Hall–Kier alpha value is 5.10. The third-order valence-corrected chi connectivity index (χ3v) is 0. The van der Waals surface area contributed by atoms with E-state index in [1.807, 2.05) is 0 Å². The van der Waals surface area contributed by atoms with Gasteiger partial charge in [0, 0.05) is 0 Å². The molecule has 0 amide bonds. The molecule has 36 nitrogen and oxygen atoms in total. The molecule has 0 aromatic heterocycles.